The first-order valence-electron chi connectivity index (χ1n) is 35.4. The minimum Gasteiger partial charge on any atom is -0.445 e. The summed E-state index contributed by atoms with van der Waals surface area (Å²) in [7, 11) is 6.07. The van der Waals surface area contributed by atoms with Gasteiger partial charge in [0, 0.05) is 59.2 Å². The van der Waals surface area contributed by atoms with Crippen molar-refractivity contribution in [2.75, 3.05) is 53.3 Å². The number of alkyl halides is 3. The van der Waals surface area contributed by atoms with Crippen molar-refractivity contribution in [2.45, 2.75) is 232 Å². The molecule has 26 heteroatoms. The molecule has 1 saturated heterocycles. The average Bonchev–Trinajstić information content (AvgIpc) is 1.79. The zero-order chi connectivity index (χ0) is 73.6. The van der Waals surface area contributed by atoms with Crippen molar-refractivity contribution >= 4 is 59.0 Å². The molecule has 0 radical (unpaired) electrons. The smallest absolute Gasteiger partial charge is 0.410 e. The number of carbonyl (C=O) groups excluding carboxylic acids is 9. The van der Waals surface area contributed by atoms with Gasteiger partial charge in [0.25, 0.3) is 11.8 Å². The number of amides is 9. The van der Waals surface area contributed by atoms with Crippen molar-refractivity contribution in [3.8, 4) is 0 Å². The van der Waals surface area contributed by atoms with Gasteiger partial charge >= 0.3 is 12.3 Å². The highest BCUT2D eigenvalue weighted by Crippen LogP contribution is 2.34. The number of carbonyl (C=O) groups is 9. The Kier molecular flexibility index (Phi) is 32.8. The number of nitrogens with one attached hydrogen (secondary N) is 5. The van der Waals surface area contributed by atoms with E-state index in [4.69, 9.17) is 19.9 Å². The van der Waals surface area contributed by atoms with Crippen LogP contribution in [-0.2, 0) is 59.2 Å². The number of likely N-dealkylation sites (N-methyl/N-ethyl adjacent to an activating group) is 2. The van der Waals surface area contributed by atoms with Crippen LogP contribution in [-0.4, -0.2) is 193 Å². The van der Waals surface area contributed by atoms with Crippen LogP contribution in [0.15, 0.2) is 66.7 Å². The summed E-state index contributed by atoms with van der Waals surface area (Å²) < 4.78 is 61.5. The molecule has 2 aromatic carbocycles. The Bertz CT molecular complexity index is 2970. The highest BCUT2D eigenvalue weighted by Gasteiger charge is 2.46. The molecule has 0 bridgehead atoms. The number of likely N-dealkylation sites (tertiary alicyclic amines) is 1. The van der Waals surface area contributed by atoms with Crippen LogP contribution in [0.5, 0.6) is 0 Å². The summed E-state index contributed by atoms with van der Waals surface area (Å²) in [6.07, 6.45) is -0.160. The number of hydrogen-bond donors (Lipinski definition) is 7. The van der Waals surface area contributed by atoms with E-state index in [2.05, 4.69) is 26.6 Å². The fourth-order valence-corrected chi connectivity index (χ4v) is 14.0. The molecule has 23 nitrogen and oxygen atoms in total. The molecule has 0 unspecified atom stereocenters. The van der Waals surface area contributed by atoms with Gasteiger partial charge in [-0.15, -0.1) is 0 Å². The molecule has 1 saturated carbocycles. The van der Waals surface area contributed by atoms with E-state index in [1.165, 1.54) is 26.2 Å². The minimum atomic E-state index is -4.72. The average molecular weight is 1400 g/mol. The molecule has 99 heavy (non-hydrogen) atoms. The third-order valence-electron chi connectivity index (χ3n) is 20.2. The standard InChI is InChI=1S/C73H113F3N10O13/c1-15-46(8)64(56(97-13)40-60(89)85-38-22-25-55(85)66(98-14)47(9)67(91)78-48(10)65(90)52-23-18-16-19-24-52)83(11)71(95)62(44(4)5)82-70(94)63(45(6)7)84(12)72(96)99-42-51-31-33-53(34-32-51)79-68(92)54(39-49-27-29-50(41-77)30-28-49)80-69(93)61(43(2)3)81-57(73(74,75)76)26-20-17-21-37-86-58(87)35-36-59(86)88/h16,18-19,23-24,31-36,43-50,54-57,61-66,81,90H,15,17,20-22,25-30,37-42,77H2,1-14H3,(H,78,91)(H,79,92)(H,80,93)(H,82,94)/t46-,47+,48+,49-,50-,54-,55-,56+,57+,61-,62-,63-,64-,65+,66+/m0/s1. The van der Waals surface area contributed by atoms with Crippen LogP contribution < -0.4 is 32.3 Å². The first-order valence-corrected chi connectivity index (χ1v) is 35.4. The van der Waals surface area contributed by atoms with Gasteiger partial charge in [-0.3, -0.25) is 53.5 Å². The molecule has 2 fully saturated rings. The first kappa shape index (κ1) is 82.7. The number of ether oxygens (including phenoxy) is 3. The maximum atomic E-state index is 14.9. The number of rotatable bonds is 38. The van der Waals surface area contributed by atoms with Crippen molar-refractivity contribution in [2.24, 2.45) is 47.2 Å². The number of nitrogens with zero attached hydrogens (tertiary/aromatic N) is 4. The lowest BCUT2D eigenvalue weighted by Crippen LogP contribution is -2.60. The zero-order valence-electron chi connectivity index (χ0n) is 60.6. The molecule has 13 atom stereocenters. The number of unbranched alkanes of at least 4 members (excludes halogenated alkanes) is 2. The minimum absolute atomic E-state index is 0.0214. The van der Waals surface area contributed by atoms with Gasteiger partial charge in [0.1, 0.15) is 30.8 Å². The van der Waals surface area contributed by atoms with Gasteiger partial charge in [0.2, 0.25) is 35.4 Å². The lowest BCUT2D eigenvalue weighted by Gasteiger charge is -2.41. The molecule has 3 aliphatic rings. The number of nitrogens with two attached hydrogens (primary N) is 1. The predicted molar refractivity (Wildman–Crippen MR) is 371 cm³/mol. The first-order chi connectivity index (χ1) is 46.8. The van der Waals surface area contributed by atoms with Crippen molar-refractivity contribution in [3.05, 3.63) is 77.9 Å². The molecule has 0 spiro atoms. The fraction of sp³-hybridized carbons (Fsp3) is 0.685. The molecular formula is C73H113F3N10O13. The Hall–Kier alpha value is -7.00. The summed E-state index contributed by atoms with van der Waals surface area (Å²) in [5, 5.41) is 25.1. The number of aliphatic hydroxyl groups excluding tert-OH is 1. The van der Waals surface area contributed by atoms with Crippen LogP contribution in [0, 0.1) is 41.4 Å². The second kappa shape index (κ2) is 39.3. The maximum absolute atomic E-state index is 14.9. The number of methoxy groups -OCH3 is 2. The van der Waals surface area contributed by atoms with Crippen LogP contribution in [0.3, 0.4) is 0 Å². The molecule has 2 heterocycles. The summed E-state index contributed by atoms with van der Waals surface area (Å²) >= 11 is 0. The second-order valence-electron chi connectivity index (χ2n) is 28.4. The summed E-state index contributed by atoms with van der Waals surface area (Å²) in [5.41, 5.74) is 7.47. The Labute approximate surface area is 583 Å². The van der Waals surface area contributed by atoms with Crippen LogP contribution >= 0.6 is 0 Å². The van der Waals surface area contributed by atoms with E-state index in [1.54, 1.807) is 109 Å². The molecule has 2 aromatic rings. The quantitative estimate of drug-likeness (QED) is 0.0246. The topological polar surface area (TPSA) is 301 Å². The number of imide groups is 1. The van der Waals surface area contributed by atoms with E-state index < -0.39 is 138 Å². The highest BCUT2D eigenvalue weighted by molar-refractivity contribution is 6.12. The number of anilines is 1. The molecular weight excluding hydrogens is 1280 g/mol. The van der Waals surface area contributed by atoms with E-state index in [0.29, 0.717) is 67.9 Å². The number of hydrogen-bond acceptors (Lipinski definition) is 15. The highest BCUT2D eigenvalue weighted by atomic mass is 19.4. The fourth-order valence-electron chi connectivity index (χ4n) is 14.0. The van der Waals surface area contributed by atoms with Gasteiger partial charge in [-0.1, -0.05) is 137 Å². The lowest BCUT2D eigenvalue weighted by molar-refractivity contribution is -0.161. The SMILES string of the molecule is CC[C@H](C)[C@@H]([C@@H](CC(=O)N1CCC[C@H]1[C@H](OC)[C@@H](C)C(=O)N[C@H](C)[C@@H](O)c1ccccc1)OC)N(C)C(=O)[C@@H](NC(=O)[C@H](C(C)C)N(C)C(=O)OCc1ccc(NC(=O)[C@H](C[C@H]2CC[C@H](CN)CC2)NC(=O)[C@@H](N[C@H](CCCCCN2C(=O)C=CC2=O)C(F)(F)F)C(C)C)cc1)C(C)C. The summed E-state index contributed by atoms with van der Waals surface area (Å²) in [6, 6.07) is 7.07. The summed E-state index contributed by atoms with van der Waals surface area (Å²) in [5.74, 6) is -5.92. The number of halogens is 3. The zero-order valence-corrected chi connectivity index (χ0v) is 60.6. The Balaban J connectivity index is 1.21. The van der Waals surface area contributed by atoms with Gasteiger partial charge in [0.15, 0.2) is 0 Å². The summed E-state index contributed by atoms with van der Waals surface area (Å²) in [4.78, 5) is 129. The maximum Gasteiger partial charge on any atom is 0.410 e. The second-order valence-corrected chi connectivity index (χ2v) is 28.4. The Morgan fingerprint density at radius 2 is 1.33 bits per heavy atom. The lowest BCUT2D eigenvalue weighted by atomic mass is 9.79. The molecule has 5 rings (SSSR count). The number of benzene rings is 2. The molecule has 1 aliphatic carbocycles. The number of aliphatic hydroxyl groups is 1. The molecule has 0 aromatic heterocycles. The van der Waals surface area contributed by atoms with Gasteiger partial charge in [0.05, 0.1) is 54.8 Å². The Morgan fingerprint density at radius 1 is 0.717 bits per heavy atom. The van der Waals surface area contributed by atoms with E-state index in [9.17, 15) is 61.4 Å². The van der Waals surface area contributed by atoms with Gasteiger partial charge in [-0.2, -0.15) is 13.2 Å². The van der Waals surface area contributed by atoms with Crippen molar-refractivity contribution < 1.29 is 75.6 Å². The largest absolute Gasteiger partial charge is 0.445 e. The monoisotopic (exact) mass is 1390 g/mol. The summed E-state index contributed by atoms with van der Waals surface area (Å²) in [6.45, 7) is 18.5. The predicted octanol–water partition coefficient (Wildman–Crippen LogP) is 8.19. The van der Waals surface area contributed by atoms with Gasteiger partial charge < -0.3 is 56.1 Å². The van der Waals surface area contributed by atoms with Gasteiger partial charge in [-0.05, 0) is 117 Å². The van der Waals surface area contributed by atoms with Gasteiger partial charge in [-0.25, -0.2) is 4.79 Å². The van der Waals surface area contributed by atoms with Crippen molar-refractivity contribution in [3.63, 3.8) is 0 Å². The van der Waals surface area contributed by atoms with Crippen LogP contribution in [0.1, 0.15) is 170 Å². The molecule has 8 N–H and O–H groups in total. The van der Waals surface area contributed by atoms with Crippen molar-refractivity contribution in [1.29, 1.82) is 0 Å². The molecule has 554 valence electrons. The van der Waals surface area contributed by atoms with Crippen molar-refractivity contribution in [1.82, 2.24) is 40.9 Å². The molecule has 2 aliphatic heterocycles. The van der Waals surface area contributed by atoms with E-state index in [-0.39, 0.29) is 62.5 Å². The molecule has 9 amide bonds. The van der Waals surface area contributed by atoms with Crippen LogP contribution in [0.25, 0.3) is 0 Å². The Morgan fingerprint density at radius 3 is 1.89 bits per heavy atom. The third-order valence-corrected chi connectivity index (χ3v) is 20.2. The van der Waals surface area contributed by atoms with E-state index in [1.807, 2.05) is 32.0 Å². The van der Waals surface area contributed by atoms with Crippen LogP contribution in [0.2, 0.25) is 0 Å². The normalized spacial score (nSPS) is 20.2. The third kappa shape index (κ3) is 23.5. The van der Waals surface area contributed by atoms with E-state index >= 15 is 0 Å². The van der Waals surface area contributed by atoms with Crippen LogP contribution in [0.4, 0.5) is 23.7 Å². The van der Waals surface area contributed by atoms with E-state index in [0.717, 1.165) is 42.7 Å².